The van der Waals surface area contributed by atoms with Crippen molar-refractivity contribution in [1.29, 1.82) is 5.26 Å². The minimum Gasteiger partial charge on any atom is -0.378 e. The van der Waals surface area contributed by atoms with Crippen molar-refractivity contribution in [3.63, 3.8) is 0 Å². The highest BCUT2D eigenvalue weighted by atomic mass is 32.2. The highest BCUT2D eigenvalue weighted by Crippen LogP contribution is 2.32. The first kappa shape index (κ1) is 17.7. The lowest BCUT2D eigenvalue weighted by molar-refractivity contribution is 0.102. The number of nitriles is 1. The number of amides is 1. The van der Waals surface area contributed by atoms with Gasteiger partial charge >= 0.3 is 0 Å². The first-order valence-electron chi connectivity index (χ1n) is 7.75. The molecule has 1 saturated heterocycles. The molecule has 0 aliphatic carbocycles. The lowest BCUT2D eigenvalue weighted by Crippen LogP contribution is -2.38. The highest BCUT2D eigenvalue weighted by molar-refractivity contribution is 8.01. The number of aryl methyl sites for hydroxylation is 1. The number of carbonyl (C=O) groups excluding carboxylic acids is 1. The summed E-state index contributed by atoms with van der Waals surface area (Å²) in [6.45, 7) is 4.55. The molecule has 9 heteroatoms. The van der Waals surface area contributed by atoms with Crippen LogP contribution in [0.4, 0.5) is 10.9 Å². The van der Waals surface area contributed by atoms with Gasteiger partial charge < -0.3 is 9.64 Å². The third kappa shape index (κ3) is 4.28. The number of ether oxygens (including phenoxy) is 1. The van der Waals surface area contributed by atoms with Crippen molar-refractivity contribution in [3.05, 3.63) is 29.6 Å². The maximum atomic E-state index is 12.7. The molecule has 0 aromatic carbocycles. The van der Waals surface area contributed by atoms with Crippen LogP contribution in [0.15, 0.2) is 22.5 Å². The van der Waals surface area contributed by atoms with Crippen molar-refractivity contribution in [2.45, 2.75) is 11.1 Å². The van der Waals surface area contributed by atoms with Gasteiger partial charge in [0.05, 0.1) is 40.5 Å². The summed E-state index contributed by atoms with van der Waals surface area (Å²) < 4.78 is 6.30. The van der Waals surface area contributed by atoms with E-state index in [4.69, 9.17) is 10.00 Å². The van der Waals surface area contributed by atoms with Gasteiger partial charge in [-0.15, -0.1) is 0 Å². The zero-order valence-electron chi connectivity index (χ0n) is 13.7. The van der Waals surface area contributed by atoms with Crippen LogP contribution in [0, 0.1) is 18.3 Å². The molecule has 0 spiro atoms. The summed E-state index contributed by atoms with van der Waals surface area (Å²) in [5.74, 6) is 0.788. The Balaban J connectivity index is 1.76. The Labute approximate surface area is 154 Å². The van der Waals surface area contributed by atoms with Crippen LogP contribution in [-0.2, 0) is 4.74 Å². The highest BCUT2D eigenvalue weighted by Gasteiger charge is 2.21. The number of hydrogen-bond acceptors (Lipinski definition) is 8. The van der Waals surface area contributed by atoms with E-state index in [1.165, 1.54) is 23.1 Å². The van der Waals surface area contributed by atoms with E-state index in [0.717, 1.165) is 9.90 Å². The fourth-order valence-corrected chi connectivity index (χ4v) is 4.23. The zero-order valence-corrected chi connectivity index (χ0v) is 15.3. The number of carbonyl (C=O) groups is 1. The van der Waals surface area contributed by atoms with Crippen LogP contribution in [0.2, 0.25) is 0 Å². The summed E-state index contributed by atoms with van der Waals surface area (Å²) in [6, 6.07) is 5.61. The van der Waals surface area contributed by atoms with Crippen molar-refractivity contribution in [2.24, 2.45) is 0 Å². The fraction of sp³-hybridized carbons (Fsp3) is 0.375. The number of morpholine rings is 1. The van der Waals surface area contributed by atoms with Gasteiger partial charge in [-0.3, -0.25) is 10.1 Å². The van der Waals surface area contributed by atoms with Crippen LogP contribution in [-0.4, -0.2) is 47.9 Å². The number of pyridine rings is 1. The third-order valence-corrected chi connectivity index (χ3v) is 5.89. The zero-order chi connectivity index (χ0) is 17.6. The maximum Gasteiger partial charge on any atom is 0.261 e. The van der Waals surface area contributed by atoms with Gasteiger partial charge in [0.1, 0.15) is 5.82 Å². The predicted octanol–water partition coefficient (Wildman–Crippen LogP) is 2.55. The van der Waals surface area contributed by atoms with E-state index < -0.39 is 0 Å². The molecule has 7 nitrogen and oxygen atoms in total. The van der Waals surface area contributed by atoms with Gasteiger partial charge in [0.2, 0.25) is 0 Å². The number of hydrogen-bond donors (Lipinski definition) is 1. The smallest absolute Gasteiger partial charge is 0.261 e. The van der Waals surface area contributed by atoms with E-state index in [2.05, 4.69) is 26.3 Å². The van der Waals surface area contributed by atoms with Gasteiger partial charge in [0.15, 0.2) is 5.13 Å². The molecule has 3 heterocycles. The number of rotatable bonds is 5. The number of aromatic nitrogens is 2. The Bertz CT molecular complexity index is 796. The van der Waals surface area contributed by atoms with Crippen LogP contribution >= 0.6 is 23.1 Å². The lowest BCUT2D eigenvalue weighted by Gasteiger charge is -2.29. The monoisotopic (exact) mass is 375 g/mol. The second-order valence-electron chi connectivity index (χ2n) is 5.27. The molecule has 2 aromatic rings. The first-order valence-corrected chi connectivity index (χ1v) is 9.55. The Morgan fingerprint density at radius 2 is 2.32 bits per heavy atom. The van der Waals surface area contributed by atoms with Gasteiger partial charge in [-0.05, 0) is 19.1 Å². The van der Waals surface area contributed by atoms with Crippen molar-refractivity contribution in [3.8, 4) is 6.07 Å². The van der Waals surface area contributed by atoms with Crippen LogP contribution in [0.3, 0.4) is 0 Å². The average Bonchev–Trinajstić information content (AvgIpc) is 2.99. The van der Waals surface area contributed by atoms with E-state index in [-0.39, 0.29) is 5.91 Å². The number of nitrogens with one attached hydrogen (secondary N) is 1. The van der Waals surface area contributed by atoms with Crippen LogP contribution < -0.4 is 10.2 Å². The van der Waals surface area contributed by atoms with Crippen LogP contribution in [0.1, 0.15) is 16.1 Å². The minimum atomic E-state index is -0.236. The molecular weight excluding hydrogens is 358 g/mol. The summed E-state index contributed by atoms with van der Waals surface area (Å²) >= 11 is 2.80. The second kappa shape index (κ2) is 8.29. The van der Waals surface area contributed by atoms with Crippen LogP contribution in [0.5, 0.6) is 0 Å². The molecule has 0 bridgehead atoms. The van der Waals surface area contributed by atoms with Gasteiger partial charge in [-0.1, -0.05) is 23.1 Å². The number of nitrogens with zero attached hydrogens (tertiary/aromatic N) is 4. The molecule has 0 saturated carbocycles. The van der Waals surface area contributed by atoms with Gasteiger partial charge in [0.25, 0.3) is 5.91 Å². The van der Waals surface area contributed by atoms with Gasteiger partial charge in [0, 0.05) is 19.3 Å². The molecule has 25 heavy (non-hydrogen) atoms. The summed E-state index contributed by atoms with van der Waals surface area (Å²) in [6.07, 6.45) is 1.69. The second-order valence-corrected chi connectivity index (χ2v) is 7.51. The summed E-state index contributed by atoms with van der Waals surface area (Å²) in [5, 5.41) is 12.1. The van der Waals surface area contributed by atoms with Crippen molar-refractivity contribution < 1.29 is 9.53 Å². The van der Waals surface area contributed by atoms with E-state index in [9.17, 15) is 4.79 Å². The lowest BCUT2D eigenvalue weighted by atomic mass is 10.2. The van der Waals surface area contributed by atoms with E-state index in [0.29, 0.717) is 48.6 Å². The molecule has 130 valence electrons. The minimum absolute atomic E-state index is 0.236. The topological polar surface area (TPSA) is 91.1 Å². The van der Waals surface area contributed by atoms with E-state index in [1.807, 2.05) is 6.92 Å². The summed E-state index contributed by atoms with van der Waals surface area (Å²) in [4.78, 5) is 23.5. The standard InChI is InChI=1S/C16H17N5O2S2/c1-11-15(24-10-4-17)25-16(19-11)20-14(22)12-3-2-5-18-13(12)21-6-8-23-9-7-21/h2-3,5H,6-10H2,1H3,(H,19,20,22). The molecular formula is C16H17N5O2S2. The molecule has 3 rings (SSSR count). The predicted molar refractivity (Wildman–Crippen MR) is 98.4 cm³/mol. The van der Waals surface area contributed by atoms with E-state index >= 15 is 0 Å². The Morgan fingerprint density at radius 1 is 1.52 bits per heavy atom. The van der Waals surface area contributed by atoms with Gasteiger partial charge in [-0.25, -0.2) is 9.97 Å². The summed E-state index contributed by atoms with van der Waals surface area (Å²) in [7, 11) is 0. The Morgan fingerprint density at radius 3 is 3.08 bits per heavy atom. The Hall–Kier alpha value is -2.15. The van der Waals surface area contributed by atoms with Crippen LogP contribution in [0.25, 0.3) is 0 Å². The van der Waals surface area contributed by atoms with Crippen molar-refractivity contribution >= 4 is 40.0 Å². The summed E-state index contributed by atoms with van der Waals surface area (Å²) in [5.41, 5.74) is 1.34. The fourth-order valence-electron chi connectivity index (χ4n) is 2.43. The molecule has 0 atom stereocenters. The Kier molecular flexibility index (Phi) is 5.86. The average molecular weight is 375 g/mol. The van der Waals surface area contributed by atoms with Crippen molar-refractivity contribution in [2.75, 3.05) is 42.3 Å². The molecule has 1 aliphatic heterocycles. The molecule has 1 N–H and O–H groups in total. The largest absolute Gasteiger partial charge is 0.378 e. The molecule has 1 fully saturated rings. The SMILES string of the molecule is Cc1nc(NC(=O)c2cccnc2N2CCOCC2)sc1SCC#N. The first-order chi connectivity index (χ1) is 12.2. The maximum absolute atomic E-state index is 12.7. The number of thiazole rings is 1. The van der Waals surface area contributed by atoms with Crippen molar-refractivity contribution in [1.82, 2.24) is 9.97 Å². The number of anilines is 2. The number of thioether (sulfide) groups is 1. The van der Waals surface area contributed by atoms with E-state index in [1.54, 1.807) is 18.3 Å². The third-order valence-electron chi connectivity index (χ3n) is 3.58. The quantitative estimate of drug-likeness (QED) is 0.803. The molecule has 1 amide bonds. The van der Waals surface area contributed by atoms with Gasteiger partial charge in [-0.2, -0.15) is 5.26 Å². The molecule has 0 radical (unpaired) electrons. The molecule has 2 aromatic heterocycles. The molecule has 1 aliphatic rings. The molecule has 0 unspecified atom stereocenters. The normalized spacial score (nSPS) is 14.2.